The highest BCUT2D eigenvalue weighted by molar-refractivity contribution is 5.79. The van der Waals surface area contributed by atoms with Crippen molar-refractivity contribution in [3.05, 3.63) is 53.6 Å². The fraction of sp³-hybridized carbons (Fsp3) is 0.188. The van der Waals surface area contributed by atoms with Crippen LogP contribution in [0, 0.1) is 6.92 Å². The predicted molar refractivity (Wildman–Crippen MR) is 75.6 cm³/mol. The number of benzene rings is 2. The van der Waals surface area contributed by atoms with Crippen molar-refractivity contribution in [3.8, 4) is 11.4 Å². The first kappa shape index (κ1) is 11.0. The van der Waals surface area contributed by atoms with E-state index < -0.39 is 0 Å². The van der Waals surface area contributed by atoms with Crippen LogP contribution in [0.15, 0.2) is 42.5 Å². The topological polar surface area (TPSA) is 28.7 Å². The van der Waals surface area contributed by atoms with Gasteiger partial charge < -0.3 is 4.98 Å². The molecule has 1 heterocycles. The van der Waals surface area contributed by atoms with E-state index in [2.05, 4.69) is 66.3 Å². The Bertz CT molecular complexity index is 678. The Hall–Kier alpha value is -2.09. The maximum atomic E-state index is 4.64. The van der Waals surface area contributed by atoms with Crippen LogP contribution in [-0.4, -0.2) is 9.97 Å². The molecule has 0 atom stereocenters. The third-order valence-electron chi connectivity index (χ3n) is 3.27. The molecule has 0 amide bonds. The van der Waals surface area contributed by atoms with Gasteiger partial charge in [0.15, 0.2) is 0 Å². The highest BCUT2D eigenvalue weighted by Crippen LogP contribution is 2.21. The first-order valence-electron chi connectivity index (χ1n) is 6.32. The van der Waals surface area contributed by atoms with Crippen molar-refractivity contribution in [3.63, 3.8) is 0 Å². The highest BCUT2D eigenvalue weighted by Gasteiger charge is 2.05. The maximum absolute atomic E-state index is 4.64. The molecular weight excluding hydrogens is 220 g/mol. The molecule has 0 aliphatic carbocycles. The molecule has 0 saturated heterocycles. The number of imidazole rings is 1. The summed E-state index contributed by atoms with van der Waals surface area (Å²) in [6.45, 7) is 4.25. The zero-order valence-electron chi connectivity index (χ0n) is 10.7. The van der Waals surface area contributed by atoms with E-state index >= 15 is 0 Å². The Labute approximate surface area is 107 Å². The van der Waals surface area contributed by atoms with Crippen LogP contribution in [0.3, 0.4) is 0 Å². The molecule has 1 aromatic heterocycles. The summed E-state index contributed by atoms with van der Waals surface area (Å²) in [6.07, 6.45) is 1.07. The quantitative estimate of drug-likeness (QED) is 0.713. The van der Waals surface area contributed by atoms with Gasteiger partial charge in [0, 0.05) is 5.56 Å². The lowest BCUT2D eigenvalue weighted by atomic mass is 10.1. The molecule has 0 spiro atoms. The van der Waals surface area contributed by atoms with Crippen molar-refractivity contribution < 1.29 is 0 Å². The van der Waals surface area contributed by atoms with Crippen molar-refractivity contribution >= 4 is 11.0 Å². The molecule has 0 bridgehead atoms. The molecule has 2 nitrogen and oxygen atoms in total. The number of nitrogens with zero attached hydrogens (tertiary/aromatic N) is 1. The van der Waals surface area contributed by atoms with E-state index in [1.54, 1.807) is 0 Å². The van der Waals surface area contributed by atoms with Crippen molar-refractivity contribution in [2.75, 3.05) is 0 Å². The van der Waals surface area contributed by atoms with E-state index in [1.165, 1.54) is 11.1 Å². The fourth-order valence-electron chi connectivity index (χ4n) is 2.15. The van der Waals surface area contributed by atoms with Crippen LogP contribution < -0.4 is 0 Å². The number of hydrogen-bond donors (Lipinski definition) is 1. The lowest BCUT2D eigenvalue weighted by Gasteiger charge is -1.98. The SMILES string of the molecule is CCc1ccc(-c2nc3cc(C)ccc3[nH]2)cc1. The minimum Gasteiger partial charge on any atom is -0.338 e. The van der Waals surface area contributed by atoms with Crippen LogP contribution in [0.5, 0.6) is 0 Å². The Morgan fingerprint density at radius 2 is 1.83 bits per heavy atom. The molecule has 3 aromatic rings. The molecular formula is C16H16N2. The second-order valence-corrected chi connectivity index (χ2v) is 4.66. The van der Waals surface area contributed by atoms with Gasteiger partial charge >= 0.3 is 0 Å². The third-order valence-corrected chi connectivity index (χ3v) is 3.27. The van der Waals surface area contributed by atoms with Gasteiger partial charge in [0.25, 0.3) is 0 Å². The minimum atomic E-state index is 0.943. The number of rotatable bonds is 2. The molecule has 3 rings (SSSR count). The Morgan fingerprint density at radius 1 is 1.06 bits per heavy atom. The summed E-state index contributed by atoms with van der Waals surface area (Å²) in [4.78, 5) is 8.01. The molecule has 0 radical (unpaired) electrons. The van der Waals surface area contributed by atoms with Gasteiger partial charge in [-0.05, 0) is 36.6 Å². The molecule has 18 heavy (non-hydrogen) atoms. The molecule has 0 unspecified atom stereocenters. The van der Waals surface area contributed by atoms with Gasteiger partial charge in [-0.3, -0.25) is 0 Å². The largest absolute Gasteiger partial charge is 0.338 e. The van der Waals surface area contributed by atoms with Crippen LogP contribution in [-0.2, 0) is 6.42 Å². The van der Waals surface area contributed by atoms with Crippen LogP contribution in [0.2, 0.25) is 0 Å². The standard InChI is InChI=1S/C16H16N2/c1-3-12-5-7-13(8-6-12)16-17-14-9-4-11(2)10-15(14)18-16/h4-10H,3H2,1-2H3,(H,17,18). The van der Waals surface area contributed by atoms with Gasteiger partial charge in [0.05, 0.1) is 11.0 Å². The van der Waals surface area contributed by atoms with Gasteiger partial charge in [-0.25, -0.2) is 4.98 Å². The summed E-state index contributed by atoms with van der Waals surface area (Å²) in [5.41, 5.74) is 5.85. The van der Waals surface area contributed by atoms with Crippen LogP contribution in [0.1, 0.15) is 18.1 Å². The lowest BCUT2D eigenvalue weighted by molar-refractivity contribution is 1.14. The zero-order valence-corrected chi connectivity index (χ0v) is 10.7. The molecule has 0 aliphatic rings. The van der Waals surface area contributed by atoms with Crippen LogP contribution >= 0.6 is 0 Å². The molecule has 2 heteroatoms. The summed E-state index contributed by atoms with van der Waals surface area (Å²) in [7, 11) is 0. The van der Waals surface area contributed by atoms with Gasteiger partial charge in [-0.1, -0.05) is 37.3 Å². The van der Waals surface area contributed by atoms with E-state index in [0.717, 1.165) is 28.8 Å². The van der Waals surface area contributed by atoms with Crippen LogP contribution in [0.25, 0.3) is 22.4 Å². The molecule has 0 saturated carbocycles. The van der Waals surface area contributed by atoms with Gasteiger partial charge in [-0.15, -0.1) is 0 Å². The lowest BCUT2D eigenvalue weighted by Crippen LogP contribution is -1.82. The summed E-state index contributed by atoms with van der Waals surface area (Å²) in [5, 5.41) is 0. The van der Waals surface area contributed by atoms with E-state index in [0.29, 0.717) is 0 Å². The second-order valence-electron chi connectivity index (χ2n) is 4.66. The van der Waals surface area contributed by atoms with E-state index in [-0.39, 0.29) is 0 Å². The Balaban J connectivity index is 2.07. The smallest absolute Gasteiger partial charge is 0.138 e. The first-order valence-corrected chi connectivity index (χ1v) is 6.32. The number of hydrogen-bond acceptors (Lipinski definition) is 1. The first-order chi connectivity index (χ1) is 8.76. The number of H-pyrrole nitrogens is 1. The third kappa shape index (κ3) is 1.90. The second kappa shape index (κ2) is 4.30. The average Bonchev–Trinajstić information content (AvgIpc) is 2.81. The van der Waals surface area contributed by atoms with Crippen molar-refractivity contribution in [1.82, 2.24) is 9.97 Å². The fourth-order valence-corrected chi connectivity index (χ4v) is 2.15. The number of fused-ring (bicyclic) bond motifs is 1. The molecule has 0 fully saturated rings. The molecule has 90 valence electrons. The monoisotopic (exact) mass is 236 g/mol. The predicted octanol–water partition coefficient (Wildman–Crippen LogP) is 4.10. The van der Waals surface area contributed by atoms with E-state index in [9.17, 15) is 0 Å². The average molecular weight is 236 g/mol. The van der Waals surface area contributed by atoms with Gasteiger partial charge in [0.2, 0.25) is 0 Å². The Kier molecular flexibility index (Phi) is 2.63. The number of aromatic amines is 1. The van der Waals surface area contributed by atoms with E-state index in [4.69, 9.17) is 0 Å². The normalized spacial score (nSPS) is 11.0. The van der Waals surface area contributed by atoms with Crippen LogP contribution in [0.4, 0.5) is 0 Å². The Morgan fingerprint density at radius 3 is 2.56 bits per heavy atom. The molecule has 0 aliphatic heterocycles. The summed E-state index contributed by atoms with van der Waals surface area (Å²) < 4.78 is 0. The van der Waals surface area contributed by atoms with E-state index in [1.807, 2.05) is 0 Å². The minimum absolute atomic E-state index is 0.943. The van der Waals surface area contributed by atoms with Crippen molar-refractivity contribution in [2.45, 2.75) is 20.3 Å². The highest BCUT2D eigenvalue weighted by atomic mass is 14.9. The maximum Gasteiger partial charge on any atom is 0.138 e. The number of aromatic nitrogens is 2. The zero-order chi connectivity index (χ0) is 12.5. The van der Waals surface area contributed by atoms with Crippen molar-refractivity contribution in [2.24, 2.45) is 0 Å². The molecule has 2 aromatic carbocycles. The summed E-state index contributed by atoms with van der Waals surface area (Å²) in [6, 6.07) is 14.9. The summed E-state index contributed by atoms with van der Waals surface area (Å²) >= 11 is 0. The van der Waals surface area contributed by atoms with Gasteiger partial charge in [0.1, 0.15) is 5.82 Å². The number of nitrogens with one attached hydrogen (secondary N) is 1. The van der Waals surface area contributed by atoms with Crippen molar-refractivity contribution in [1.29, 1.82) is 0 Å². The molecule has 1 N–H and O–H groups in total. The summed E-state index contributed by atoms with van der Waals surface area (Å²) in [5.74, 6) is 0.943. The van der Waals surface area contributed by atoms with Gasteiger partial charge in [-0.2, -0.15) is 0 Å². The number of aryl methyl sites for hydroxylation is 2.